The first kappa shape index (κ1) is 60.9. The Bertz CT molecular complexity index is 4210. The van der Waals surface area contributed by atoms with Gasteiger partial charge in [-0.25, -0.2) is 0 Å². The van der Waals surface area contributed by atoms with E-state index in [-0.39, 0.29) is 0 Å². The molecule has 0 aliphatic rings. The van der Waals surface area contributed by atoms with Crippen LogP contribution in [0, 0.1) is 0 Å². The summed E-state index contributed by atoms with van der Waals surface area (Å²) >= 11 is 0. The van der Waals surface area contributed by atoms with Gasteiger partial charge in [0, 0.05) is 125 Å². The van der Waals surface area contributed by atoms with Gasteiger partial charge in [-0.3, -0.25) is 0 Å². The summed E-state index contributed by atoms with van der Waals surface area (Å²) in [5.74, 6) is 0. The average molecular weight is 1260 g/mol. The van der Waals surface area contributed by atoms with E-state index in [1.54, 1.807) is 0 Å². The molecular formula is C90H70N8. The molecule has 15 aromatic carbocycles. The van der Waals surface area contributed by atoms with Crippen molar-refractivity contribution < 1.29 is 0 Å². The smallest absolute Gasteiger partial charge is 0.0463 e. The second-order valence-corrected chi connectivity index (χ2v) is 23.7. The molecule has 0 aromatic heterocycles. The molecule has 0 amide bonds. The Balaban J connectivity index is 0.686. The molecule has 98 heavy (non-hydrogen) atoms. The molecule has 0 fully saturated rings. The van der Waals surface area contributed by atoms with Gasteiger partial charge in [0.15, 0.2) is 0 Å². The molecule has 2 N–H and O–H groups in total. The zero-order valence-corrected chi connectivity index (χ0v) is 53.9. The summed E-state index contributed by atoms with van der Waals surface area (Å²) in [6.07, 6.45) is 0. The predicted molar refractivity (Wildman–Crippen MR) is 414 cm³/mol. The Morgan fingerprint density at radius 1 is 0.102 bits per heavy atom. The van der Waals surface area contributed by atoms with Gasteiger partial charge in [0.2, 0.25) is 0 Å². The van der Waals surface area contributed by atoms with E-state index in [2.05, 4.69) is 453 Å². The van der Waals surface area contributed by atoms with E-state index in [0.29, 0.717) is 0 Å². The minimum absolute atomic E-state index is 0.974. The summed E-state index contributed by atoms with van der Waals surface area (Å²) in [5.41, 5.74) is 23.0. The highest BCUT2D eigenvalue weighted by Gasteiger charge is 2.21. The number of rotatable bonds is 22. The molecular weight excluding hydrogens is 1190 g/mol. The lowest BCUT2D eigenvalue weighted by molar-refractivity contribution is 1.24. The number of para-hydroxylation sites is 8. The molecule has 15 aromatic rings. The maximum atomic E-state index is 3.68. The Kier molecular flexibility index (Phi) is 18.0. The van der Waals surface area contributed by atoms with Crippen LogP contribution in [0.1, 0.15) is 0 Å². The summed E-state index contributed by atoms with van der Waals surface area (Å²) in [7, 11) is 0. The topological polar surface area (TPSA) is 43.5 Å². The van der Waals surface area contributed by atoms with E-state index in [1.165, 1.54) is 0 Å². The molecule has 0 saturated heterocycles. The zero-order valence-electron chi connectivity index (χ0n) is 53.9. The lowest BCUT2D eigenvalue weighted by Gasteiger charge is -2.29. The largest absolute Gasteiger partial charge is 0.356 e. The van der Waals surface area contributed by atoms with Gasteiger partial charge in [0.1, 0.15) is 0 Å². The predicted octanol–water partition coefficient (Wildman–Crippen LogP) is 26.0. The van der Waals surface area contributed by atoms with Crippen LogP contribution in [0.15, 0.2) is 413 Å². The van der Waals surface area contributed by atoms with Gasteiger partial charge in [-0.2, -0.15) is 0 Å². The van der Waals surface area contributed by atoms with Crippen LogP contribution >= 0.6 is 0 Å². The third-order valence-electron chi connectivity index (χ3n) is 17.3. The molecule has 0 bridgehead atoms. The molecule has 0 radical (unpaired) electrons. The number of nitrogens with one attached hydrogen (secondary N) is 2. The molecule has 470 valence electrons. The summed E-state index contributed by atoms with van der Waals surface area (Å²) in [6, 6.07) is 145. The molecule has 0 aliphatic carbocycles. The standard InChI is InChI=1S/C90H70N8/c1-9-25-73(26-10-1)93(74-27-11-2-12-28-74)83-53-61-87(62-54-83)97(88-63-55-84(56-64-88)94(75-29-13-3-14-30-75)76-31-15-4-16-32-76)81-49-45-71(46-50-81)91-69-41-43-70(44-42-69)92-72-47-51-82(52-48-72)98(89-65-57-85(58-66-89)95(77-33-17-5-18-34-77)78-35-19-6-20-36-78)90-67-59-86(60-68-90)96(79-37-21-7-22-38-79)80-39-23-8-24-40-80/h1-68,91-92H. The van der Waals surface area contributed by atoms with Crippen molar-refractivity contribution in [1.29, 1.82) is 0 Å². The minimum atomic E-state index is 0.974. The third-order valence-corrected chi connectivity index (χ3v) is 17.3. The van der Waals surface area contributed by atoms with Crippen LogP contribution in [0.4, 0.5) is 125 Å². The lowest BCUT2D eigenvalue weighted by atomic mass is 10.1. The van der Waals surface area contributed by atoms with Gasteiger partial charge in [0.25, 0.3) is 0 Å². The Labute approximate surface area is 574 Å². The Morgan fingerprint density at radius 2 is 0.194 bits per heavy atom. The molecule has 8 heteroatoms. The van der Waals surface area contributed by atoms with Gasteiger partial charge >= 0.3 is 0 Å². The van der Waals surface area contributed by atoms with Crippen LogP contribution < -0.4 is 40.0 Å². The number of benzene rings is 15. The molecule has 0 aliphatic heterocycles. The molecule has 0 atom stereocenters. The van der Waals surface area contributed by atoms with Crippen LogP contribution in [-0.4, -0.2) is 0 Å². The Morgan fingerprint density at radius 3 is 0.316 bits per heavy atom. The maximum Gasteiger partial charge on any atom is 0.0463 e. The molecule has 0 saturated carbocycles. The van der Waals surface area contributed by atoms with Crippen LogP contribution in [0.3, 0.4) is 0 Å². The van der Waals surface area contributed by atoms with Crippen molar-refractivity contribution in [2.24, 2.45) is 0 Å². The zero-order chi connectivity index (χ0) is 65.7. The van der Waals surface area contributed by atoms with Crippen molar-refractivity contribution in [1.82, 2.24) is 0 Å². The molecule has 8 nitrogen and oxygen atoms in total. The van der Waals surface area contributed by atoms with Crippen molar-refractivity contribution in [2.75, 3.05) is 40.0 Å². The van der Waals surface area contributed by atoms with E-state index in [1.807, 2.05) is 0 Å². The summed E-state index contributed by atoms with van der Waals surface area (Å²) < 4.78 is 0. The normalized spacial score (nSPS) is 10.9. The van der Waals surface area contributed by atoms with Gasteiger partial charge in [-0.05, 0) is 267 Å². The second-order valence-electron chi connectivity index (χ2n) is 23.7. The molecule has 0 heterocycles. The number of hydrogen-bond donors (Lipinski definition) is 2. The molecule has 0 spiro atoms. The van der Waals surface area contributed by atoms with Crippen LogP contribution in [0.2, 0.25) is 0 Å². The fourth-order valence-electron chi connectivity index (χ4n) is 12.7. The van der Waals surface area contributed by atoms with Crippen molar-refractivity contribution in [3.8, 4) is 0 Å². The summed E-state index contributed by atoms with van der Waals surface area (Å²) in [5, 5.41) is 7.36. The third kappa shape index (κ3) is 13.7. The Hall–Kier alpha value is -13.3. The fraction of sp³-hybridized carbons (Fsp3) is 0. The van der Waals surface area contributed by atoms with Crippen molar-refractivity contribution >= 4 is 125 Å². The van der Waals surface area contributed by atoms with E-state index in [9.17, 15) is 0 Å². The number of nitrogens with zero attached hydrogens (tertiary/aromatic N) is 6. The quantitative estimate of drug-likeness (QED) is 0.0696. The van der Waals surface area contributed by atoms with E-state index in [0.717, 1.165) is 125 Å². The SMILES string of the molecule is c1ccc(N(c2ccccc2)c2ccc(N(c3ccc(Nc4ccc(Nc5ccc(N(c6ccc(N(c7ccccc7)c7ccccc7)cc6)c6ccc(N(c7ccccc7)c7ccccc7)cc6)cc5)cc4)cc3)c3ccc(N(c4ccccc4)c4ccccc4)cc3)cc2)cc1. The number of hydrogen-bond acceptors (Lipinski definition) is 8. The highest BCUT2D eigenvalue weighted by molar-refractivity contribution is 5.87. The van der Waals surface area contributed by atoms with Gasteiger partial charge in [-0.15, -0.1) is 0 Å². The number of anilines is 22. The monoisotopic (exact) mass is 1260 g/mol. The van der Waals surface area contributed by atoms with Crippen molar-refractivity contribution in [3.63, 3.8) is 0 Å². The van der Waals surface area contributed by atoms with E-state index in [4.69, 9.17) is 0 Å². The van der Waals surface area contributed by atoms with Crippen molar-refractivity contribution in [2.45, 2.75) is 0 Å². The maximum absolute atomic E-state index is 3.68. The van der Waals surface area contributed by atoms with Gasteiger partial charge in [-0.1, -0.05) is 146 Å². The van der Waals surface area contributed by atoms with Gasteiger partial charge in [0.05, 0.1) is 0 Å². The van der Waals surface area contributed by atoms with Crippen LogP contribution in [0.25, 0.3) is 0 Å². The summed E-state index contributed by atoms with van der Waals surface area (Å²) in [6.45, 7) is 0. The van der Waals surface area contributed by atoms with Gasteiger partial charge < -0.3 is 40.0 Å². The molecule has 0 unspecified atom stereocenters. The van der Waals surface area contributed by atoms with Crippen LogP contribution in [-0.2, 0) is 0 Å². The van der Waals surface area contributed by atoms with E-state index < -0.39 is 0 Å². The minimum Gasteiger partial charge on any atom is -0.356 e. The first-order valence-electron chi connectivity index (χ1n) is 33.1. The highest BCUT2D eigenvalue weighted by atomic mass is 15.2. The van der Waals surface area contributed by atoms with Crippen LogP contribution in [0.5, 0.6) is 0 Å². The second kappa shape index (κ2) is 28.9. The average Bonchev–Trinajstić information content (AvgIpc) is 0.823. The summed E-state index contributed by atoms with van der Waals surface area (Å²) in [4.78, 5) is 13.8. The molecule has 15 rings (SSSR count). The fourth-order valence-corrected chi connectivity index (χ4v) is 12.7. The first-order valence-corrected chi connectivity index (χ1v) is 33.1. The van der Waals surface area contributed by atoms with Crippen molar-refractivity contribution in [3.05, 3.63) is 413 Å². The highest BCUT2D eigenvalue weighted by Crippen LogP contribution is 2.45. The van der Waals surface area contributed by atoms with E-state index >= 15 is 0 Å². The first-order chi connectivity index (χ1) is 48.6. The lowest BCUT2D eigenvalue weighted by Crippen LogP contribution is -2.13.